The van der Waals surface area contributed by atoms with E-state index in [-0.39, 0.29) is 11.6 Å². The van der Waals surface area contributed by atoms with Crippen LogP contribution in [0.25, 0.3) is 38.1 Å². The molecule has 0 atom stereocenters. The SMILES string of the molecule is Cc1c(-c2ccc(NC(=O)c3ccccc3)c(=O)o2)sc2nc(-c3ccccc3)c(-c3ccccc3)n12. The van der Waals surface area contributed by atoms with E-state index in [2.05, 4.69) is 34.0 Å². The first-order valence-corrected chi connectivity index (χ1v) is 12.6. The minimum atomic E-state index is -0.611. The number of aryl methyl sites for hydroxylation is 1. The third-order valence-corrected chi connectivity index (χ3v) is 7.29. The molecule has 0 saturated carbocycles. The maximum Gasteiger partial charge on any atom is 0.360 e. The molecule has 180 valence electrons. The number of imidazole rings is 1. The summed E-state index contributed by atoms with van der Waals surface area (Å²) >= 11 is 1.46. The second-order valence-electron chi connectivity index (χ2n) is 8.50. The smallest absolute Gasteiger partial charge is 0.360 e. The zero-order valence-corrected chi connectivity index (χ0v) is 20.7. The Bertz CT molecular complexity index is 1790. The van der Waals surface area contributed by atoms with Crippen molar-refractivity contribution in [2.75, 3.05) is 5.32 Å². The highest BCUT2D eigenvalue weighted by molar-refractivity contribution is 7.20. The van der Waals surface area contributed by atoms with Gasteiger partial charge in [0, 0.05) is 22.4 Å². The molecule has 3 aromatic carbocycles. The molecule has 3 heterocycles. The Kier molecular flexibility index (Phi) is 5.75. The number of benzene rings is 3. The number of aromatic nitrogens is 2. The average Bonchev–Trinajstić information content (AvgIpc) is 3.48. The molecule has 3 aromatic heterocycles. The summed E-state index contributed by atoms with van der Waals surface area (Å²) in [4.78, 5) is 31.8. The van der Waals surface area contributed by atoms with Crippen molar-refractivity contribution in [3.05, 3.63) is 125 Å². The summed E-state index contributed by atoms with van der Waals surface area (Å²) < 4.78 is 7.78. The van der Waals surface area contributed by atoms with E-state index in [0.717, 1.165) is 38.0 Å². The lowest BCUT2D eigenvalue weighted by Gasteiger charge is -2.08. The van der Waals surface area contributed by atoms with Gasteiger partial charge in [0.25, 0.3) is 5.91 Å². The minimum Gasteiger partial charge on any atom is -0.420 e. The van der Waals surface area contributed by atoms with Gasteiger partial charge in [-0.05, 0) is 31.2 Å². The van der Waals surface area contributed by atoms with Gasteiger partial charge in [0.2, 0.25) is 0 Å². The van der Waals surface area contributed by atoms with Crippen molar-refractivity contribution in [1.29, 1.82) is 0 Å². The van der Waals surface area contributed by atoms with E-state index in [4.69, 9.17) is 9.40 Å². The largest absolute Gasteiger partial charge is 0.420 e. The van der Waals surface area contributed by atoms with E-state index in [1.807, 2.05) is 49.4 Å². The zero-order chi connectivity index (χ0) is 25.4. The fraction of sp³-hybridized carbons (Fsp3) is 0.0333. The highest BCUT2D eigenvalue weighted by Crippen LogP contribution is 2.40. The summed E-state index contributed by atoms with van der Waals surface area (Å²) in [5.74, 6) is 0.0587. The van der Waals surface area contributed by atoms with Gasteiger partial charge in [0.15, 0.2) is 4.96 Å². The van der Waals surface area contributed by atoms with Crippen LogP contribution in [0.3, 0.4) is 0 Å². The molecule has 0 bridgehead atoms. The highest BCUT2D eigenvalue weighted by atomic mass is 32.1. The third-order valence-electron chi connectivity index (χ3n) is 6.13. The maximum atomic E-state index is 12.8. The molecular weight excluding hydrogens is 482 g/mol. The predicted molar refractivity (Wildman–Crippen MR) is 147 cm³/mol. The van der Waals surface area contributed by atoms with Crippen molar-refractivity contribution in [2.45, 2.75) is 6.92 Å². The van der Waals surface area contributed by atoms with Crippen molar-refractivity contribution < 1.29 is 9.21 Å². The molecule has 0 saturated heterocycles. The molecule has 0 fully saturated rings. The Balaban J connectivity index is 1.42. The van der Waals surface area contributed by atoms with Gasteiger partial charge >= 0.3 is 5.63 Å². The molecule has 0 spiro atoms. The van der Waals surface area contributed by atoms with Gasteiger partial charge in [-0.1, -0.05) is 90.2 Å². The molecule has 0 radical (unpaired) electrons. The van der Waals surface area contributed by atoms with E-state index < -0.39 is 5.63 Å². The highest BCUT2D eigenvalue weighted by Gasteiger charge is 2.23. The molecule has 0 aliphatic heterocycles. The van der Waals surface area contributed by atoms with E-state index in [9.17, 15) is 9.59 Å². The fourth-order valence-corrected chi connectivity index (χ4v) is 5.44. The number of hydrogen-bond donors (Lipinski definition) is 1. The number of rotatable bonds is 5. The number of carbonyl (C=O) groups is 1. The van der Waals surface area contributed by atoms with Gasteiger partial charge in [0.1, 0.15) is 11.4 Å². The van der Waals surface area contributed by atoms with Crippen LogP contribution in [0.4, 0.5) is 5.69 Å². The zero-order valence-electron chi connectivity index (χ0n) is 19.8. The third kappa shape index (κ3) is 4.15. The second-order valence-corrected chi connectivity index (χ2v) is 9.47. The monoisotopic (exact) mass is 503 g/mol. The summed E-state index contributed by atoms with van der Waals surface area (Å²) in [5.41, 5.74) is 4.81. The number of hydrogen-bond acceptors (Lipinski definition) is 5. The van der Waals surface area contributed by atoms with Crippen LogP contribution in [0.5, 0.6) is 0 Å². The Hall–Kier alpha value is -4.75. The van der Waals surface area contributed by atoms with Crippen molar-refractivity contribution in [2.24, 2.45) is 0 Å². The molecule has 37 heavy (non-hydrogen) atoms. The molecule has 0 unspecified atom stereocenters. The topological polar surface area (TPSA) is 76.6 Å². The Morgan fingerprint density at radius 3 is 2.11 bits per heavy atom. The van der Waals surface area contributed by atoms with Gasteiger partial charge < -0.3 is 9.73 Å². The quantitative estimate of drug-likeness (QED) is 0.277. The van der Waals surface area contributed by atoms with Gasteiger partial charge in [-0.3, -0.25) is 9.20 Å². The molecule has 6 aromatic rings. The summed E-state index contributed by atoms with van der Waals surface area (Å²) in [7, 11) is 0. The van der Waals surface area contributed by atoms with Crippen molar-refractivity contribution in [3.63, 3.8) is 0 Å². The van der Waals surface area contributed by atoms with Crippen LogP contribution < -0.4 is 10.9 Å². The van der Waals surface area contributed by atoms with E-state index in [1.54, 1.807) is 36.4 Å². The lowest BCUT2D eigenvalue weighted by atomic mass is 10.0. The molecule has 0 aliphatic rings. The first-order valence-electron chi connectivity index (χ1n) is 11.7. The lowest BCUT2D eigenvalue weighted by Crippen LogP contribution is -2.17. The van der Waals surface area contributed by atoms with Gasteiger partial charge in [-0.2, -0.15) is 0 Å². The van der Waals surface area contributed by atoms with Crippen LogP contribution in [0.2, 0.25) is 0 Å². The molecule has 7 heteroatoms. The molecule has 1 amide bonds. The molecule has 0 aliphatic carbocycles. The summed E-state index contributed by atoms with van der Waals surface area (Å²) in [6.45, 7) is 1.99. The van der Waals surface area contributed by atoms with Crippen LogP contribution in [0.15, 0.2) is 112 Å². The predicted octanol–water partition coefficient (Wildman–Crippen LogP) is 6.91. The van der Waals surface area contributed by atoms with E-state index >= 15 is 0 Å². The maximum absolute atomic E-state index is 12.8. The first-order chi connectivity index (χ1) is 18.1. The number of thiazole rings is 1. The van der Waals surface area contributed by atoms with Crippen LogP contribution in [-0.2, 0) is 0 Å². The first kappa shape index (κ1) is 22.7. The number of nitrogens with one attached hydrogen (secondary N) is 1. The number of fused-ring (bicyclic) bond motifs is 1. The van der Waals surface area contributed by atoms with Crippen LogP contribution in [0, 0.1) is 6.92 Å². The van der Waals surface area contributed by atoms with Gasteiger partial charge in [-0.25, -0.2) is 9.78 Å². The summed E-state index contributed by atoms with van der Waals surface area (Å²) in [6, 6.07) is 32.3. The van der Waals surface area contributed by atoms with Crippen LogP contribution in [-0.4, -0.2) is 15.3 Å². The molecule has 6 nitrogen and oxygen atoms in total. The fourth-order valence-electron chi connectivity index (χ4n) is 4.35. The van der Waals surface area contributed by atoms with Crippen molar-refractivity contribution >= 4 is 27.9 Å². The Morgan fingerprint density at radius 2 is 1.46 bits per heavy atom. The molecule has 1 N–H and O–H groups in total. The summed E-state index contributed by atoms with van der Waals surface area (Å²) in [5, 5.41) is 2.64. The Labute approximate surface area is 216 Å². The summed E-state index contributed by atoms with van der Waals surface area (Å²) in [6.07, 6.45) is 0. The lowest BCUT2D eigenvalue weighted by molar-refractivity contribution is 0.102. The van der Waals surface area contributed by atoms with Crippen molar-refractivity contribution in [3.8, 4) is 33.2 Å². The Morgan fingerprint density at radius 1 is 0.838 bits per heavy atom. The van der Waals surface area contributed by atoms with Gasteiger partial charge in [-0.15, -0.1) is 0 Å². The minimum absolute atomic E-state index is 0.0907. The molecule has 6 rings (SSSR count). The number of amides is 1. The molecular formula is C30H21N3O3S. The number of carbonyl (C=O) groups excluding carboxylic acids is 1. The van der Waals surface area contributed by atoms with E-state index in [1.165, 1.54) is 11.3 Å². The second kappa shape index (κ2) is 9.37. The van der Waals surface area contributed by atoms with Crippen LogP contribution >= 0.6 is 11.3 Å². The normalized spacial score (nSPS) is 11.1. The van der Waals surface area contributed by atoms with Gasteiger partial charge in [0.05, 0.1) is 16.3 Å². The van der Waals surface area contributed by atoms with Crippen molar-refractivity contribution in [1.82, 2.24) is 9.38 Å². The number of nitrogens with zero attached hydrogens (tertiary/aromatic N) is 2. The van der Waals surface area contributed by atoms with E-state index in [0.29, 0.717) is 11.3 Å². The standard InChI is InChI=1S/C30H21N3O3S/c1-19-27(24-18-17-23(29(35)36-24)31-28(34)22-15-9-4-10-16-22)37-30-32-25(20-11-5-2-6-12-20)26(33(19)30)21-13-7-3-8-14-21/h2-18H,1H3,(H,31,34). The van der Waals surface area contributed by atoms with Crippen LogP contribution in [0.1, 0.15) is 16.1 Å². The average molecular weight is 504 g/mol. The number of anilines is 1.